The van der Waals surface area contributed by atoms with Gasteiger partial charge in [0.1, 0.15) is 23.6 Å². The molecule has 0 saturated carbocycles. The molecule has 11 heteroatoms. The van der Waals surface area contributed by atoms with E-state index in [2.05, 4.69) is 18.8 Å². The van der Waals surface area contributed by atoms with Crippen LogP contribution in [0.4, 0.5) is 0 Å². The number of amides is 1. The number of ether oxygens (including phenoxy) is 6. The normalized spacial score (nSPS) is 18.3. The van der Waals surface area contributed by atoms with Crippen LogP contribution in [0.15, 0.2) is 42.7 Å². The molecule has 0 radical (unpaired) electrons. The maximum Gasteiger partial charge on any atom is 0.329 e. The predicted molar refractivity (Wildman–Crippen MR) is 191 cm³/mol. The predicted octanol–water partition coefficient (Wildman–Crippen LogP) is 6.65. The monoisotopic (exact) mass is 702 g/mol. The average Bonchev–Trinajstić information content (AvgIpc) is 3.16. The molecule has 2 heterocycles. The van der Waals surface area contributed by atoms with Crippen LogP contribution in [0.5, 0.6) is 28.7 Å². The van der Waals surface area contributed by atoms with Crippen LogP contribution in [-0.4, -0.2) is 74.7 Å². The quantitative estimate of drug-likeness (QED) is 0.0967. The number of aromatic nitrogens is 1. The summed E-state index contributed by atoms with van der Waals surface area (Å²) in [6, 6.07) is 7.89. The summed E-state index contributed by atoms with van der Waals surface area (Å²) in [7, 11) is 4.34. The zero-order chi connectivity index (χ0) is 36.5. The largest absolute Gasteiger partial charge is 0.493 e. The molecule has 51 heavy (non-hydrogen) atoms. The number of esters is 1. The number of carbonyl (C=O) groups is 3. The fourth-order valence-electron chi connectivity index (χ4n) is 7.09. The lowest BCUT2D eigenvalue weighted by molar-refractivity contribution is -0.163. The maximum atomic E-state index is 14.4. The van der Waals surface area contributed by atoms with Gasteiger partial charge in [0.05, 0.1) is 34.5 Å². The maximum absolute atomic E-state index is 14.4. The van der Waals surface area contributed by atoms with Gasteiger partial charge in [0.15, 0.2) is 11.5 Å². The zero-order valence-corrected chi connectivity index (χ0v) is 30.6. The lowest BCUT2D eigenvalue weighted by Crippen LogP contribution is -2.51. The van der Waals surface area contributed by atoms with E-state index < -0.39 is 29.8 Å². The zero-order valence-electron chi connectivity index (χ0n) is 30.6. The molecule has 5 rings (SSSR count). The molecular weight excluding hydrogens is 652 g/mol. The molecule has 1 saturated heterocycles. The van der Waals surface area contributed by atoms with Crippen LogP contribution < -0.4 is 23.7 Å². The van der Waals surface area contributed by atoms with Crippen molar-refractivity contribution in [2.45, 2.75) is 84.3 Å². The number of carbonyl (C=O) groups excluding carboxylic acids is 3. The number of hydrogen-bond acceptors (Lipinski definition) is 10. The third-order valence-corrected chi connectivity index (χ3v) is 9.65. The topological polar surface area (TPSA) is 123 Å². The second-order valence-corrected chi connectivity index (χ2v) is 13.1. The first-order valence-corrected chi connectivity index (χ1v) is 17.9. The number of rotatable bonds is 15. The van der Waals surface area contributed by atoms with Crippen LogP contribution in [0.3, 0.4) is 0 Å². The summed E-state index contributed by atoms with van der Waals surface area (Å²) in [6.45, 7) is 7.47. The number of pyridine rings is 1. The molecule has 274 valence electrons. The Labute approximate surface area is 300 Å². The van der Waals surface area contributed by atoms with Gasteiger partial charge in [-0.25, -0.2) is 4.79 Å². The summed E-state index contributed by atoms with van der Waals surface area (Å²) in [4.78, 5) is 47.6. The Morgan fingerprint density at radius 1 is 0.882 bits per heavy atom. The van der Waals surface area contributed by atoms with E-state index in [0.717, 1.165) is 53.7 Å². The van der Waals surface area contributed by atoms with E-state index in [0.29, 0.717) is 50.4 Å². The van der Waals surface area contributed by atoms with Crippen LogP contribution in [0.25, 0.3) is 0 Å². The lowest BCUT2D eigenvalue weighted by atomic mass is 9.77. The molecule has 3 aromatic rings. The molecule has 0 bridgehead atoms. The third kappa shape index (κ3) is 8.24. The number of methoxy groups -OCH3 is 3. The summed E-state index contributed by atoms with van der Waals surface area (Å²) >= 11 is 0. The molecule has 2 aromatic carbocycles. The van der Waals surface area contributed by atoms with Crippen LogP contribution in [-0.2, 0) is 27.2 Å². The van der Waals surface area contributed by atoms with E-state index in [9.17, 15) is 14.4 Å². The standard InChI is InChI=1S/C40H50N2O9/c1-7-18-49-32-23-30-29(36(25(32)3)50-19-8-2)15-14-27(20-26-12-11-16-41-24-26)37(30)51-40(45)31-13-9-10-17-42(31)39(44)35(43)28-21-33(46-4)38(48-6)34(22-28)47-5/h11-12,16,21-24,27,31,37H,7-10,13-15,17-20H2,1-6H3/t27-,31+,37-/m1/s1. The Morgan fingerprint density at radius 3 is 2.25 bits per heavy atom. The fraction of sp³-hybridized carbons (Fsp3) is 0.500. The molecule has 1 amide bonds. The molecular formula is C40H50N2O9. The Hall–Kier alpha value is -4.80. The first-order chi connectivity index (χ1) is 24.8. The van der Waals surface area contributed by atoms with Crippen molar-refractivity contribution in [1.29, 1.82) is 0 Å². The van der Waals surface area contributed by atoms with Gasteiger partial charge in [-0.2, -0.15) is 0 Å². The van der Waals surface area contributed by atoms with E-state index >= 15 is 0 Å². The summed E-state index contributed by atoms with van der Waals surface area (Å²) in [5, 5.41) is 0. The second-order valence-electron chi connectivity index (χ2n) is 13.1. The lowest BCUT2D eigenvalue weighted by Gasteiger charge is -2.38. The summed E-state index contributed by atoms with van der Waals surface area (Å²) in [6.07, 6.45) is 8.51. The molecule has 1 aliphatic heterocycles. The molecule has 2 aliphatic rings. The van der Waals surface area contributed by atoms with Gasteiger partial charge in [-0.3, -0.25) is 14.6 Å². The summed E-state index contributed by atoms with van der Waals surface area (Å²) < 4.78 is 35.3. The van der Waals surface area contributed by atoms with E-state index in [1.165, 1.54) is 38.4 Å². The number of fused-ring (bicyclic) bond motifs is 1. The molecule has 1 aliphatic carbocycles. The molecule has 11 nitrogen and oxygen atoms in total. The van der Waals surface area contributed by atoms with Crippen molar-refractivity contribution in [3.63, 3.8) is 0 Å². The van der Waals surface area contributed by atoms with Crippen molar-refractivity contribution in [2.75, 3.05) is 41.1 Å². The summed E-state index contributed by atoms with van der Waals surface area (Å²) in [5.74, 6) is 0.111. The van der Waals surface area contributed by atoms with Crippen LogP contribution in [0.2, 0.25) is 0 Å². The SMILES string of the molecule is CCCOc1cc2c(c(OCCC)c1C)CC[C@H](Cc1cccnc1)[C@H]2OC(=O)[C@@H]1CCCCN1C(=O)C(=O)c1cc(OC)c(OC)c(OC)c1. The van der Waals surface area contributed by atoms with Gasteiger partial charge in [0, 0.05) is 47.1 Å². The number of piperidine rings is 1. The Bertz CT molecular complexity index is 1670. The highest BCUT2D eigenvalue weighted by Crippen LogP contribution is 2.47. The molecule has 3 atom stereocenters. The number of benzene rings is 2. The van der Waals surface area contributed by atoms with Crippen molar-refractivity contribution in [3.8, 4) is 28.7 Å². The van der Waals surface area contributed by atoms with Crippen molar-refractivity contribution in [2.24, 2.45) is 5.92 Å². The van der Waals surface area contributed by atoms with E-state index in [1.807, 2.05) is 31.3 Å². The summed E-state index contributed by atoms with van der Waals surface area (Å²) in [5.41, 5.74) is 3.91. The highest BCUT2D eigenvalue weighted by molar-refractivity contribution is 6.43. The van der Waals surface area contributed by atoms with Gasteiger partial charge in [0.2, 0.25) is 5.75 Å². The van der Waals surface area contributed by atoms with Gasteiger partial charge >= 0.3 is 5.97 Å². The number of nitrogens with zero attached hydrogens (tertiary/aromatic N) is 2. The van der Waals surface area contributed by atoms with E-state index in [1.54, 1.807) is 6.20 Å². The first kappa shape index (κ1) is 37.5. The van der Waals surface area contributed by atoms with Gasteiger partial charge < -0.3 is 33.3 Å². The number of likely N-dealkylation sites (tertiary alicyclic amines) is 1. The average molecular weight is 703 g/mol. The first-order valence-electron chi connectivity index (χ1n) is 17.9. The number of Topliss-reactive ketones (excluding diaryl/α,β-unsaturated/α-hetero) is 1. The molecule has 1 aromatic heterocycles. The highest BCUT2D eigenvalue weighted by atomic mass is 16.5. The number of ketones is 1. The molecule has 0 unspecified atom stereocenters. The Morgan fingerprint density at radius 2 is 1.61 bits per heavy atom. The minimum absolute atomic E-state index is 0.0690. The van der Waals surface area contributed by atoms with Gasteiger partial charge in [-0.05, 0) is 88.1 Å². The van der Waals surface area contributed by atoms with Crippen molar-refractivity contribution in [3.05, 3.63) is 70.5 Å². The van der Waals surface area contributed by atoms with Crippen molar-refractivity contribution >= 4 is 17.7 Å². The minimum Gasteiger partial charge on any atom is -0.493 e. The van der Waals surface area contributed by atoms with Crippen LogP contribution in [0, 0.1) is 12.8 Å². The fourth-order valence-corrected chi connectivity index (χ4v) is 7.09. The highest BCUT2D eigenvalue weighted by Gasteiger charge is 2.41. The minimum atomic E-state index is -0.932. The van der Waals surface area contributed by atoms with Crippen molar-refractivity contribution < 1.29 is 42.8 Å². The van der Waals surface area contributed by atoms with E-state index in [4.69, 9.17) is 28.4 Å². The van der Waals surface area contributed by atoms with Crippen LogP contribution >= 0.6 is 0 Å². The third-order valence-electron chi connectivity index (χ3n) is 9.65. The molecule has 1 fully saturated rings. The molecule has 0 N–H and O–H groups in total. The molecule has 0 spiro atoms. The second kappa shape index (κ2) is 17.4. The van der Waals surface area contributed by atoms with Crippen molar-refractivity contribution in [1.82, 2.24) is 9.88 Å². The Kier molecular flexibility index (Phi) is 12.8. The van der Waals surface area contributed by atoms with Crippen LogP contribution in [0.1, 0.15) is 91.1 Å². The van der Waals surface area contributed by atoms with Gasteiger partial charge in [0.25, 0.3) is 11.7 Å². The number of hydrogen-bond donors (Lipinski definition) is 0. The Balaban J connectivity index is 1.49. The van der Waals surface area contributed by atoms with E-state index in [-0.39, 0.29) is 29.5 Å². The van der Waals surface area contributed by atoms with Gasteiger partial charge in [-0.15, -0.1) is 0 Å². The van der Waals surface area contributed by atoms with Gasteiger partial charge in [-0.1, -0.05) is 19.9 Å². The smallest absolute Gasteiger partial charge is 0.329 e.